The van der Waals surface area contributed by atoms with E-state index in [-0.39, 0.29) is 22.8 Å². The van der Waals surface area contributed by atoms with E-state index in [1.54, 1.807) is 6.08 Å². The second-order valence-electron chi connectivity index (χ2n) is 6.17. The molecule has 1 aliphatic carbocycles. The van der Waals surface area contributed by atoms with E-state index >= 15 is 0 Å². The van der Waals surface area contributed by atoms with Gasteiger partial charge in [0, 0.05) is 17.2 Å². The molecule has 5 nitrogen and oxygen atoms in total. The van der Waals surface area contributed by atoms with E-state index in [4.69, 9.17) is 0 Å². The first-order valence-electron chi connectivity index (χ1n) is 8.04. The van der Waals surface area contributed by atoms with Gasteiger partial charge in [-0.25, -0.2) is 0 Å². The Hall–Kier alpha value is -1.20. The summed E-state index contributed by atoms with van der Waals surface area (Å²) in [4.78, 5) is 13.2. The van der Waals surface area contributed by atoms with Gasteiger partial charge in [0.25, 0.3) is 5.70 Å². The molecule has 0 aromatic carbocycles. The van der Waals surface area contributed by atoms with Gasteiger partial charge in [0.05, 0.1) is 11.5 Å². The van der Waals surface area contributed by atoms with Crippen molar-refractivity contribution in [2.75, 3.05) is 19.7 Å². The molecule has 0 spiro atoms. The van der Waals surface area contributed by atoms with Crippen LogP contribution in [0.5, 0.6) is 0 Å². The van der Waals surface area contributed by atoms with E-state index in [0.29, 0.717) is 12.0 Å². The maximum absolute atomic E-state index is 11.1. The molecule has 0 saturated carbocycles. The minimum Gasteiger partial charge on any atom is -0.392 e. The molecular formula is C16H26N2O3. The molecule has 118 valence electrons. The Morgan fingerprint density at radius 3 is 2.67 bits per heavy atom. The average Bonchev–Trinajstić information content (AvgIpc) is 2.53. The summed E-state index contributed by atoms with van der Waals surface area (Å²) in [7, 11) is 0. The zero-order valence-electron chi connectivity index (χ0n) is 12.9. The van der Waals surface area contributed by atoms with Gasteiger partial charge in [-0.3, -0.25) is 15.0 Å². The van der Waals surface area contributed by atoms with Crippen LogP contribution in [0, 0.1) is 10.1 Å². The van der Waals surface area contributed by atoms with E-state index < -0.39 is 0 Å². The lowest BCUT2D eigenvalue weighted by Gasteiger charge is -2.45. The fourth-order valence-electron chi connectivity index (χ4n) is 3.57. The Morgan fingerprint density at radius 2 is 2.10 bits per heavy atom. The van der Waals surface area contributed by atoms with Crippen molar-refractivity contribution < 1.29 is 10.0 Å². The number of aliphatic hydroxyl groups excluding tert-OH is 1. The molecule has 2 aliphatic rings. The smallest absolute Gasteiger partial charge is 0.270 e. The van der Waals surface area contributed by atoms with Crippen LogP contribution in [0.25, 0.3) is 0 Å². The summed E-state index contributed by atoms with van der Waals surface area (Å²) in [5.74, 6) is 0. The summed E-state index contributed by atoms with van der Waals surface area (Å²) in [6.07, 6.45) is 11.1. The Kier molecular flexibility index (Phi) is 5.53. The van der Waals surface area contributed by atoms with E-state index in [9.17, 15) is 15.2 Å². The summed E-state index contributed by atoms with van der Waals surface area (Å²) in [6, 6.07) is 0. The number of allylic oxidation sites excluding steroid dienone is 1. The molecule has 1 unspecified atom stereocenters. The lowest BCUT2D eigenvalue weighted by molar-refractivity contribution is -0.421. The highest BCUT2D eigenvalue weighted by Gasteiger charge is 2.39. The fraction of sp³-hybridized carbons (Fsp3) is 0.750. The van der Waals surface area contributed by atoms with Gasteiger partial charge in [0.1, 0.15) is 0 Å². The number of hydrogen-bond donors (Lipinski definition) is 1. The zero-order chi connectivity index (χ0) is 15.3. The molecule has 0 aromatic heterocycles. The number of nitro groups is 1. The summed E-state index contributed by atoms with van der Waals surface area (Å²) < 4.78 is 0. The van der Waals surface area contributed by atoms with Crippen LogP contribution in [0.3, 0.4) is 0 Å². The van der Waals surface area contributed by atoms with Crippen LogP contribution in [-0.2, 0) is 0 Å². The molecule has 5 heteroatoms. The largest absolute Gasteiger partial charge is 0.392 e. The number of likely N-dealkylation sites (tertiary alicyclic amines) is 1. The predicted molar refractivity (Wildman–Crippen MR) is 82.5 cm³/mol. The Bertz CT molecular complexity index is 439. The van der Waals surface area contributed by atoms with Crippen LogP contribution >= 0.6 is 0 Å². The quantitative estimate of drug-likeness (QED) is 0.604. The van der Waals surface area contributed by atoms with Crippen LogP contribution in [0.2, 0.25) is 0 Å². The van der Waals surface area contributed by atoms with E-state index in [2.05, 4.69) is 11.8 Å². The van der Waals surface area contributed by atoms with E-state index in [1.165, 1.54) is 19.3 Å². The maximum atomic E-state index is 11.1. The third kappa shape index (κ3) is 3.52. The lowest BCUT2D eigenvalue weighted by Crippen LogP contribution is -2.51. The van der Waals surface area contributed by atoms with E-state index in [0.717, 1.165) is 32.4 Å². The van der Waals surface area contributed by atoms with Crippen molar-refractivity contribution in [1.29, 1.82) is 0 Å². The van der Waals surface area contributed by atoms with Crippen LogP contribution in [0.4, 0.5) is 0 Å². The number of unbranched alkanes of at least 4 members (excludes halogenated alkanes) is 1. The Balaban J connectivity index is 2.26. The van der Waals surface area contributed by atoms with Crippen molar-refractivity contribution in [3.63, 3.8) is 0 Å². The molecule has 1 aliphatic heterocycles. The summed E-state index contributed by atoms with van der Waals surface area (Å²) in [6.45, 7) is 4.06. The first kappa shape index (κ1) is 16.2. The van der Waals surface area contributed by atoms with Gasteiger partial charge >= 0.3 is 0 Å². The molecular weight excluding hydrogens is 268 g/mol. The highest BCUT2D eigenvalue weighted by Crippen LogP contribution is 2.37. The highest BCUT2D eigenvalue weighted by molar-refractivity contribution is 5.32. The molecule has 2 rings (SSSR count). The first-order chi connectivity index (χ1) is 10.1. The van der Waals surface area contributed by atoms with Gasteiger partial charge in [-0.15, -0.1) is 0 Å². The van der Waals surface area contributed by atoms with Gasteiger partial charge in [-0.2, -0.15) is 0 Å². The Labute approximate surface area is 126 Å². The number of piperidine rings is 1. The summed E-state index contributed by atoms with van der Waals surface area (Å²) in [5, 5.41) is 20.6. The van der Waals surface area contributed by atoms with Gasteiger partial charge in [0.2, 0.25) is 0 Å². The van der Waals surface area contributed by atoms with Crippen molar-refractivity contribution in [1.82, 2.24) is 4.90 Å². The second-order valence-corrected chi connectivity index (χ2v) is 6.17. The molecule has 0 bridgehead atoms. The highest BCUT2D eigenvalue weighted by atomic mass is 16.6. The van der Waals surface area contributed by atoms with Crippen molar-refractivity contribution in [3.05, 3.63) is 33.5 Å². The molecule has 1 heterocycles. The lowest BCUT2D eigenvalue weighted by atomic mass is 9.79. The van der Waals surface area contributed by atoms with Crippen LogP contribution in [0.1, 0.15) is 51.9 Å². The topological polar surface area (TPSA) is 66.6 Å². The van der Waals surface area contributed by atoms with Gasteiger partial charge in [-0.1, -0.05) is 32.3 Å². The SMILES string of the molecule is CCCCC1(N2CCCCC2)C=CC([N+](=O)[O-])=C(CO)C1. The average molecular weight is 294 g/mol. The number of hydrogen-bond acceptors (Lipinski definition) is 4. The molecule has 1 saturated heterocycles. The molecule has 1 fully saturated rings. The minimum absolute atomic E-state index is 0.0848. The van der Waals surface area contributed by atoms with Crippen molar-refractivity contribution >= 4 is 0 Å². The summed E-state index contributed by atoms with van der Waals surface area (Å²) in [5.41, 5.74) is 0.527. The van der Waals surface area contributed by atoms with Crippen LogP contribution < -0.4 is 0 Å². The van der Waals surface area contributed by atoms with Gasteiger partial charge in [0.15, 0.2) is 0 Å². The van der Waals surface area contributed by atoms with E-state index in [1.807, 2.05) is 6.08 Å². The maximum Gasteiger partial charge on any atom is 0.270 e. The third-order valence-corrected chi connectivity index (χ3v) is 4.77. The fourth-order valence-corrected chi connectivity index (χ4v) is 3.57. The molecule has 1 N–H and O–H groups in total. The van der Waals surface area contributed by atoms with Crippen molar-refractivity contribution in [2.24, 2.45) is 0 Å². The number of aliphatic hydroxyl groups is 1. The molecule has 0 aromatic rings. The third-order valence-electron chi connectivity index (χ3n) is 4.77. The van der Waals surface area contributed by atoms with Crippen LogP contribution in [0.15, 0.2) is 23.4 Å². The van der Waals surface area contributed by atoms with Gasteiger partial charge in [-0.05, 0) is 38.8 Å². The van der Waals surface area contributed by atoms with Crippen molar-refractivity contribution in [2.45, 2.75) is 57.4 Å². The molecule has 1 atom stereocenters. The second kappa shape index (κ2) is 7.18. The number of rotatable bonds is 6. The normalized spacial score (nSPS) is 27.1. The molecule has 21 heavy (non-hydrogen) atoms. The first-order valence-corrected chi connectivity index (χ1v) is 8.04. The molecule has 0 radical (unpaired) electrons. The van der Waals surface area contributed by atoms with Gasteiger partial charge < -0.3 is 5.11 Å². The number of nitrogens with zero attached hydrogens (tertiary/aromatic N) is 2. The monoisotopic (exact) mass is 294 g/mol. The predicted octanol–water partition coefficient (Wildman–Crippen LogP) is 2.88. The standard InChI is InChI=1S/C16H26N2O3/c1-2-3-8-16(17-10-5-4-6-11-17)9-7-15(18(20)21)14(12-16)13-19/h7,9,19H,2-6,8,10-13H2,1H3. The molecule has 0 amide bonds. The zero-order valence-corrected chi connectivity index (χ0v) is 12.9. The minimum atomic E-state index is -0.373. The Morgan fingerprint density at radius 1 is 1.38 bits per heavy atom. The van der Waals surface area contributed by atoms with Crippen molar-refractivity contribution in [3.8, 4) is 0 Å². The van der Waals surface area contributed by atoms with Crippen LogP contribution in [-0.4, -0.2) is 40.2 Å². The summed E-state index contributed by atoms with van der Waals surface area (Å²) >= 11 is 0.